The van der Waals surface area contributed by atoms with Crippen LogP contribution in [0.2, 0.25) is 0 Å². The molecular weight excluding hydrogens is 228 g/mol. The molecule has 0 fully saturated rings. The number of alkyl halides is 8. The van der Waals surface area contributed by atoms with Crippen molar-refractivity contribution in [3.8, 4) is 0 Å². The molecule has 0 unspecified atom stereocenters. The smallest absolute Gasteiger partial charge is 0.369 e. The van der Waals surface area contributed by atoms with E-state index in [1.807, 2.05) is 0 Å². The summed E-state index contributed by atoms with van der Waals surface area (Å²) in [7, 11) is 0. The summed E-state index contributed by atoms with van der Waals surface area (Å²) < 4.78 is 94.0. The third-order valence-electron chi connectivity index (χ3n) is 1.46. The van der Waals surface area contributed by atoms with Crippen LogP contribution in [0.25, 0.3) is 0 Å². The molecule has 86 valence electrons. The van der Waals surface area contributed by atoms with Gasteiger partial charge >= 0.3 is 18.0 Å². The van der Waals surface area contributed by atoms with Crippen molar-refractivity contribution in [2.75, 3.05) is 0 Å². The summed E-state index contributed by atoms with van der Waals surface area (Å²) in [6, 6.07) is 0. The lowest BCUT2D eigenvalue weighted by Gasteiger charge is -2.36. The van der Waals surface area contributed by atoms with Crippen LogP contribution in [0, 0.1) is 0 Å². The van der Waals surface area contributed by atoms with E-state index in [0.717, 1.165) is 0 Å². The quantitative estimate of drug-likeness (QED) is 0.688. The molecule has 0 rings (SSSR count). The minimum absolute atomic E-state index is 0.659. The van der Waals surface area contributed by atoms with E-state index < -0.39 is 30.8 Å². The maximum Gasteiger partial charge on any atom is 0.432 e. The molecule has 0 aromatic carbocycles. The first-order chi connectivity index (χ1) is 5.75. The third kappa shape index (κ3) is 1.77. The fraction of sp³-hybridized carbons (Fsp3) is 1.00. The Morgan fingerprint density at radius 2 is 0.929 bits per heavy atom. The van der Waals surface area contributed by atoms with Crippen molar-refractivity contribution in [1.82, 2.24) is 0 Å². The maximum absolute atomic E-state index is 12.1. The lowest BCUT2D eigenvalue weighted by Crippen LogP contribution is -2.66. The Morgan fingerprint density at radius 1 is 0.714 bits per heavy atom. The van der Waals surface area contributed by atoms with Crippen molar-refractivity contribution < 1.29 is 40.2 Å². The third-order valence-corrected chi connectivity index (χ3v) is 1.46. The molecule has 14 heavy (non-hydrogen) atoms. The molecule has 0 saturated carbocycles. The van der Waals surface area contributed by atoms with Crippen molar-refractivity contribution in [2.45, 2.75) is 30.8 Å². The molecule has 0 aromatic rings. The van der Waals surface area contributed by atoms with Crippen LogP contribution < -0.4 is 0 Å². The maximum atomic E-state index is 12.1. The number of halogens is 8. The van der Waals surface area contributed by atoms with Gasteiger partial charge in [0, 0.05) is 6.92 Å². The van der Waals surface area contributed by atoms with Crippen LogP contribution in [0.15, 0.2) is 0 Å². The predicted octanol–water partition coefficient (Wildman–Crippen LogP) is 2.50. The second kappa shape index (κ2) is 2.94. The van der Waals surface area contributed by atoms with Gasteiger partial charge in [-0.3, -0.25) is 0 Å². The van der Waals surface area contributed by atoms with Gasteiger partial charge < -0.3 is 5.11 Å². The van der Waals surface area contributed by atoms with E-state index >= 15 is 0 Å². The molecule has 0 atom stereocenters. The van der Waals surface area contributed by atoms with Crippen molar-refractivity contribution >= 4 is 0 Å². The summed E-state index contributed by atoms with van der Waals surface area (Å²) in [5, 5.41) is 8.02. The van der Waals surface area contributed by atoms with Crippen molar-refractivity contribution in [3.05, 3.63) is 0 Å². The lowest BCUT2D eigenvalue weighted by atomic mass is 9.95. The van der Waals surface area contributed by atoms with Gasteiger partial charge in [0.2, 0.25) is 0 Å². The van der Waals surface area contributed by atoms with Crippen LogP contribution in [0.3, 0.4) is 0 Å². The van der Waals surface area contributed by atoms with Gasteiger partial charge in [0.1, 0.15) is 0 Å². The molecule has 0 aromatic heterocycles. The second-order valence-electron chi connectivity index (χ2n) is 2.59. The first-order valence-electron chi connectivity index (χ1n) is 2.99. The van der Waals surface area contributed by atoms with Gasteiger partial charge in [0.25, 0.3) is 5.92 Å². The Morgan fingerprint density at radius 3 is 0.929 bits per heavy atom. The average Bonchev–Trinajstić information content (AvgIpc) is 1.77. The fourth-order valence-electron chi connectivity index (χ4n) is 0.658. The van der Waals surface area contributed by atoms with Crippen molar-refractivity contribution in [3.63, 3.8) is 0 Å². The van der Waals surface area contributed by atoms with Gasteiger partial charge in [-0.15, -0.1) is 0 Å². The van der Waals surface area contributed by atoms with Gasteiger partial charge in [-0.1, -0.05) is 0 Å². The van der Waals surface area contributed by atoms with E-state index in [9.17, 15) is 35.1 Å². The molecule has 1 N–H and O–H groups in total. The molecule has 1 nitrogen and oxygen atoms in total. The van der Waals surface area contributed by atoms with Crippen molar-refractivity contribution in [2.24, 2.45) is 0 Å². The summed E-state index contributed by atoms with van der Waals surface area (Å²) in [5.41, 5.74) is -6.02. The fourth-order valence-corrected chi connectivity index (χ4v) is 0.658. The van der Waals surface area contributed by atoms with Crippen LogP contribution in [-0.4, -0.2) is 29.0 Å². The second-order valence-corrected chi connectivity index (χ2v) is 2.59. The molecule has 0 bridgehead atoms. The van der Waals surface area contributed by atoms with Crippen LogP contribution in [0.4, 0.5) is 35.1 Å². The molecule has 0 aliphatic heterocycles. The normalized spacial score (nSPS) is 15.9. The Hall–Kier alpha value is -0.600. The van der Waals surface area contributed by atoms with Gasteiger partial charge in [0.15, 0.2) is 0 Å². The van der Waals surface area contributed by atoms with E-state index in [1.165, 1.54) is 0 Å². The minimum Gasteiger partial charge on any atom is -0.369 e. The summed E-state index contributed by atoms with van der Waals surface area (Å²) in [6.45, 7) is -0.659. The number of hydrogen-bond acceptors (Lipinski definition) is 1. The zero-order valence-electron chi connectivity index (χ0n) is 6.47. The van der Waals surface area contributed by atoms with Crippen LogP contribution in [-0.2, 0) is 0 Å². The highest BCUT2D eigenvalue weighted by atomic mass is 19.4. The molecule has 9 heteroatoms. The summed E-state index contributed by atoms with van der Waals surface area (Å²) in [6.07, 6.45) is -13.0. The first-order valence-corrected chi connectivity index (χ1v) is 2.99. The van der Waals surface area contributed by atoms with E-state index in [2.05, 4.69) is 0 Å². The lowest BCUT2D eigenvalue weighted by molar-refractivity contribution is -0.418. The molecule has 0 aliphatic rings. The van der Waals surface area contributed by atoms with E-state index in [-0.39, 0.29) is 0 Å². The van der Waals surface area contributed by atoms with Crippen LogP contribution >= 0.6 is 0 Å². The minimum atomic E-state index is -6.50. The average molecular weight is 232 g/mol. The topological polar surface area (TPSA) is 20.2 Å². The van der Waals surface area contributed by atoms with Gasteiger partial charge in [-0.05, 0) is 0 Å². The first kappa shape index (κ1) is 13.4. The standard InChI is InChI=1S/C5H4F8O/c1-2(6,7)3(14,4(8,9)10)5(11,12)13/h14H,1H3. The Kier molecular flexibility index (Phi) is 2.82. The SMILES string of the molecule is CC(F)(F)C(O)(C(F)(F)F)C(F)(F)F. The molecule has 0 amide bonds. The Labute approximate surface area is 72.3 Å². The number of aliphatic hydroxyl groups is 1. The van der Waals surface area contributed by atoms with E-state index in [1.54, 1.807) is 0 Å². The zero-order chi connectivity index (χ0) is 12.0. The molecule has 0 saturated heterocycles. The summed E-state index contributed by atoms with van der Waals surface area (Å²) >= 11 is 0. The highest BCUT2D eigenvalue weighted by molar-refractivity contribution is 5.02. The largest absolute Gasteiger partial charge is 0.432 e. The van der Waals surface area contributed by atoms with E-state index in [4.69, 9.17) is 5.11 Å². The number of rotatable bonds is 1. The van der Waals surface area contributed by atoms with Crippen LogP contribution in [0.5, 0.6) is 0 Å². The molecular formula is C5H4F8O. The molecule has 0 radical (unpaired) electrons. The van der Waals surface area contributed by atoms with Gasteiger partial charge in [-0.2, -0.15) is 26.3 Å². The van der Waals surface area contributed by atoms with Gasteiger partial charge in [-0.25, -0.2) is 8.78 Å². The van der Waals surface area contributed by atoms with Gasteiger partial charge in [0.05, 0.1) is 0 Å². The zero-order valence-corrected chi connectivity index (χ0v) is 6.47. The van der Waals surface area contributed by atoms with Crippen molar-refractivity contribution in [1.29, 1.82) is 0 Å². The van der Waals surface area contributed by atoms with Crippen LogP contribution in [0.1, 0.15) is 6.92 Å². The summed E-state index contributed by atoms with van der Waals surface area (Å²) in [5.74, 6) is -5.37. The highest BCUT2D eigenvalue weighted by Crippen LogP contribution is 2.51. The highest BCUT2D eigenvalue weighted by Gasteiger charge is 2.80. The molecule has 0 heterocycles. The monoisotopic (exact) mass is 232 g/mol. The Bertz CT molecular complexity index is 171. The van der Waals surface area contributed by atoms with E-state index in [0.29, 0.717) is 0 Å². The predicted molar refractivity (Wildman–Crippen MR) is 27.7 cm³/mol. The molecule has 0 aliphatic carbocycles. The molecule has 0 spiro atoms. The number of hydrogen-bond donors (Lipinski definition) is 1. The Balaban J connectivity index is 5.54. The summed E-state index contributed by atoms with van der Waals surface area (Å²) in [4.78, 5) is 0.